The average molecular weight is 408 g/mol. The predicted molar refractivity (Wildman–Crippen MR) is 97.1 cm³/mol. The Kier molecular flexibility index (Phi) is 7.79. The van der Waals surface area contributed by atoms with Gasteiger partial charge in [-0.2, -0.15) is 0 Å². The van der Waals surface area contributed by atoms with Crippen molar-refractivity contribution in [2.45, 2.75) is 39.7 Å². The van der Waals surface area contributed by atoms with Gasteiger partial charge in [0.2, 0.25) is 0 Å². The van der Waals surface area contributed by atoms with Crippen molar-refractivity contribution >= 4 is 41.3 Å². The van der Waals surface area contributed by atoms with E-state index in [2.05, 4.69) is 34.0 Å². The lowest BCUT2D eigenvalue weighted by Crippen LogP contribution is -2.45. The zero-order valence-corrected chi connectivity index (χ0v) is 15.7. The van der Waals surface area contributed by atoms with Crippen molar-refractivity contribution in [2.75, 3.05) is 20.1 Å². The molecule has 1 aromatic heterocycles. The summed E-state index contributed by atoms with van der Waals surface area (Å²) < 4.78 is 0. The van der Waals surface area contributed by atoms with Crippen LogP contribution in [0.15, 0.2) is 11.2 Å². The number of likely N-dealkylation sites (tertiary alicyclic amines) is 1. The molecule has 0 bridgehead atoms. The van der Waals surface area contributed by atoms with Crippen LogP contribution in [-0.4, -0.2) is 36.0 Å². The summed E-state index contributed by atoms with van der Waals surface area (Å²) in [4.78, 5) is 12.5. The SMILES string of the molecule is CCc1cnc(CNC(=NC)N2CCCC(C)C2)s1.I. The zero-order chi connectivity index (χ0) is 13.7. The normalized spacial score (nSPS) is 19.6. The van der Waals surface area contributed by atoms with Gasteiger partial charge < -0.3 is 10.2 Å². The van der Waals surface area contributed by atoms with Crippen molar-refractivity contribution in [1.29, 1.82) is 0 Å². The first-order valence-corrected chi connectivity index (χ1v) is 7.93. The zero-order valence-electron chi connectivity index (χ0n) is 12.6. The van der Waals surface area contributed by atoms with Crippen molar-refractivity contribution in [3.05, 3.63) is 16.1 Å². The number of thiazole rings is 1. The monoisotopic (exact) mass is 408 g/mol. The first-order valence-electron chi connectivity index (χ1n) is 7.12. The second-order valence-electron chi connectivity index (χ2n) is 5.17. The minimum atomic E-state index is 0. The lowest BCUT2D eigenvalue weighted by molar-refractivity contribution is 0.266. The van der Waals surface area contributed by atoms with E-state index in [1.54, 1.807) is 11.3 Å². The standard InChI is InChI=1S/C14H24N4S.HI/c1-4-12-8-16-13(19-12)9-17-14(15-3)18-7-5-6-11(2)10-18;/h8,11H,4-7,9-10H2,1-3H3,(H,15,17);1H. The Morgan fingerprint density at radius 2 is 2.40 bits per heavy atom. The number of nitrogens with one attached hydrogen (secondary N) is 1. The molecule has 1 N–H and O–H groups in total. The molecule has 114 valence electrons. The largest absolute Gasteiger partial charge is 0.350 e. The summed E-state index contributed by atoms with van der Waals surface area (Å²) in [6.07, 6.45) is 5.64. The molecular formula is C14H25IN4S. The molecular weight excluding hydrogens is 383 g/mol. The van der Waals surface area contributed by atoms with Crippen LogP contribution in [0.4, 0.5) is 0 Å². The van der Waals surface area contributed by atoms with Crippen LogP contribution in [0.2, 0.25) is 0 Å². The van der Waals surface area contributed by atoms with Gasteiger partial charge in [-0.1, -0.05) is 13.8 Å². The summed E-state index contributed by atoms with van der Waals surface area (Å²) in [7, 11) is 1.86. The molecule has 0 spiro atoms. The summed E-state index contributed by atoms with van der Waals surface area (Å²) in [6, 6.07) is 0. The van der Waals surface area contributed by atoms with Crippen LogP contribution in [0, 0.1) is 5.92 Å². The summed E-state index contributed by atoms with van der Waals surface area (Å²) in [6.45, 7) is 7.48. The maximum Gasteiger partial charge on any atom is 0.194 e. The summed E-state index contributed by atoms with van der Waals surface area (Å²) >= 11 is 1.79. The number of aliphatic imine (C=N–C) groups is 1. The molecule has 0 radical (unpaired) electrons. The van der Waals surface area contributed by atoms with Crippen LogP contribution in [0.1, 0.15) is 36.6 Å². The molecule has 6 heteroatoms. The van der Waals surface area contributed by atoms with Crippen LogP contribution < -0.4 is 5.32 Å². The van der Waals surface area contributed by atoms with Gasteiger partial charge in [-0.15, -0.1) is 35.3 Å². The third kappa shape index (κ3) is 4.87. The number of rotatable bonds is 3. The van der Waals surface area contributed by atoms with Crippen molar-refractivity contribution in [1.82, 2.24) is 15.2 Å². The fourth-order valence-corrected chi connectivity index (χ4v) is 3.26. The Morgan fingerprint density at radius 1 is 1.60 bits per heavy atom. The van der Waals surface area contributed by atoms with E-state index in [1.807, 2.05) is 13.2 Å². The molecule has 4 nitrogen and oxygen atoms in total. The molecule has 0 aromatic carbocycles. The number of aromatic nitrogens is 1. The van der Waals surface area contributed by atoms with Crippen molar-refractivity contribution < 1.29 is 0 Å². The van der Waals surface area contributed by atoms with E-state index in [-0.39, 0.29) is 24.0 Å². The Morgan fingerprint density at radius 3 is 3.00 bits per heavy atom. The Bertz CT molecular complexity index is 433. The van der Waals surface area contributed by atoms with Crippen LogP contribution >= 0.6 is 35.3 Å². The third-order valence-corrected chi connectivity index (χ3v) is 4.66. The average Bonchev–Trinajstić information content (AvgIpc) is 2.87. The van der Waals surface area contributed by atoms with Gasteiger partial charge in [0.15, 0.2) is 5.96 Å². The number of hydrogen-bond donors (Lipinski definition) is 1. The number of aryl methyl sites for hydroxylation is 1. The Hall–Kier alpha value is -0.370. The number of halogens is 1. The second-order valence-corrected chi connectivity index (χ2v) is 6.37. The minimum absolute atomic E-state index is 0. The number of guanidine groups is 1. The highest BCUT2D eigenvalue weighted by molar-refractivity contribution is 14.0. The van der Waals surface area contributed by atoms with E-state index in [0.29, 0.717) is 0 Å². The van der Waals surface area contributed by atoms with Crippen LogP contribution in [-0.2, 0) is 13.0 Å². The fraction of sp³-hybridized carbons (Fsp3) is 0.714. The van der Waals surface area contributed by atoms with Gasteiger partial charge in [0, 0.05) is 31.2 Å². The quantitative estimate of drug-likeness (QED) is 0.475. The molecule has 1 aliphatic rings. The van der Waals surface area contributed by atoms with Crippen molar-refractivity contribution in [3.8, 4) is 0 Å². The smallest absolute Gasteiger partial charge is 0.194 e. The number of nitrogens with zero attached hydrogens (tertiary/aromatic N) is 3. The van der Waals surface area contributed by atoms with E-state index in [1.165, 1.54) is 17.7 Å². The molecule has 1 saturated heterocycles. The minimum Gasteiger partial charge on any atom is -0.350 e. The summed E-state index contributed by atoms with van der Waals surface area (Å²) in [5.74, 6) is 1.78. The van der Waals surface area contributed by atoms with Gasteiger partial charge in [-0.3, -0.25) is 4.99 Å². The molecule has 1 atom stereocenters. The topological polar surface area (TPSA) is 40.5 Å². The van der Waals surface area contributed by atoms with Gasteiger partial charge in [0.25, 0.3) is 0 Å². The third-order valence-electron chi connectivity index (χ3n) is 3.52. The maximum absolute atomic E-state index is 4.44. The molecule has 1 aliphatic heterocycles. The van der Waals surface area contributed by atoms with Crippen molar-refractivity contribution in [2.24, 2.45) is 10.9 Å². The van der Waals surface area contributed by atoms with E-state index in [9.17, 15) is 0 Å². The molecule has 1 unspecified atom stereocenters. The van der Waals surface area contributed by atoms with Crippen LogP contribution in [0.5, 0.6) is 0 Å². The first-order chi connectivity index (χ1) is 9.22. The van der Waals surface area contributed by atoms with Crippen molar-refractivity contribution in [3.63, 3.8) is 0 Å². The second kappa shape index (κ2) is 8.81. The van der Waals surface area contributed by atoms with E-state index < -0.39 is 0 Å². The van der Waals surface area contributed by atoms with E-state index in [4.69, 9.17) is 0 Å². The lowest BCUT2D eigenvalue weighted by atomic mass is 10.0. The highest BCUT2D eigenvalue weighted by Gasteiger charge is 2.19. The number of hydrogen-bond acceptors (Lipinski definition) is 3. The Labute approximate surface area is 143 Å². The summed E-state index contributed by atoms with van der Waals surface area (Å²) in [5, 5.41) is 4.58. The van der Waals surface area contributed by atoms with Crippen LogP contribution in [0.3, 0.4) is 0 Å². The van der Waals surface area contributed by atoms with Gasteiger partial charge in [-0.05, 0) is 25.2 Å². The summed E-state index contributed by atoms with van der Waals surface area (Å²) in [5.41, 5.74) is 0. The molecule has 2 heterocycles. The number of piperidine rings is 1. The molecule has 20 heavy (non-hydrogen) atoms. The first kappa shape index (κ1) is 17.7. The molecule has 0 saturated carbocycles. The Balaban J connectivity index is 0.00000200. The van der Waals surface area contributed by atoms with E-state index in [0.717, 1.165) is 42.9 Å². The van der Waals surface area contributed by atoms with Gasteiger partial charge in [0.05, 0.1) is 6.54 Å². The van der Waals surface area contributed by atoms with Gasteiger partial charge in [-0.25, -0.2) is 4.98 Å². The molecule has 0 amide bonds. The molecule has 2 rings (SSSR count). The van der Waals surface area contributed by atoms with Crippen LogP contribution in [0.25, 0.3) is 0 Å². The highest BCUT2D eigenvalue weighted by Crippen LogP contribution is 2.16. The van der Waals surface area contributed by atoms with Gasteiger partial charge in [0.1, 0.15) is 5.01 Å². The molecule has 1 aromatic rings. The lowest BCUT2D eigenvalue weighted by Gasteiger charge is -2.33. The highest BCUT2D eigenvalue weighted by atomic mass is 127. The maximum atomic E-state index is 4.44. The predicted octanol–water partition coefficient (Wildman–Crippen LogP) is 3.13. The fourth-order valence-electron chi connectivity index (χ4n) is 2.46. The molecule has 0 aliphatic carbocycles. The van der Waals surface area contributed by atoms with E-state index >= 15 is 0 Å². The molecule has 1 fully saturated rings. The van der Waals surface area contributed by atoms with Gasteiger partial charge >= 0.3 is 0 Å².